The molecular formula is C12H15FN4. The standard InChI is InChI=1S/C12H15FN4/c1-3-9(2)16-10-4-5-12(11(13)6-10)17-8-14-7-15-17/h4-9,16H,3H2,1-2H3. The summed E-state index contributed by atoms with van der Waals surface area (Å²) in [5.74, 6) is -0.316. The van der Waals surface area contributed by atoms with Gasteiger partial charge in [-0.05, 0) is 31.5 Å². The van der Waals surface area contributed by atoms with Crippen LogP contribution in [-0.2, 0) is 0 Å². The van der Waals surface area contributed by atoms with Crippen molar-refractivity contribution in [3.8, 4) is 5.69 Å². The monoisotopic (exact) mass is 234 g/mol. The maximum atomic E-state index is 13.8. The van der Waals surface area contributed by atoms with E-state index in [9.17, 15) is 4.39 Å². The number of benzene rings is 1. The molecule has 1 aromatic heterocycles. The number of hydrogen-bond donors (Lipinski definition) is 1. The lowest BCUT2D eigenvalue weighted by Gasteiger charge is -2.13. The number of rotatable bonds is 4. The molecule has 0 fully saturated rings. The molecule has 0 aliphatic heterocycles. The van der Waals surface area contributed by atoms with E-state index in [1.165, 1.54) is 23.4 Å². The summed E-state index contributed by atoms with van der Waals surface area (Å²) in [6, 6.07) is 5.33. The van der Waals surface area contributed by atoms with E-state index >= 15 is 0 Å². The molecule has 0 saturated heterocycles. The van der Waals surface area contributed by atoms with Crippen LogP contribution < -0.4 is 5.32 Å². The highest BCUT2D eigenvalue weighted by Gasteiger charge is 2.07. The molecule has 0 aliphatic carbocycles. The molecular weight excluding hydrogens is 219 g/mol. The Hall–Kier alpha value is -1.91. The van der Waals surface area contributed by atoms with Crippen LogP contribution in [0.4, 0.5) is 10.1 Å². The molecule has 0 spiro atoms. The first kappa shape index (κ1) is 11.6. The molecule has 1 aromatic carbocycles. The van der Waals surface area contributed by atoms with Crippen molar-refractivity contribution in [3.63, 3.8) is 0 Å². The van der Waals surface area contributed by atoms with Crippen molar-refractivity contribution in [1.29, 1.82) is 0 Å². The van der Waals surface area contributed by atoms with Gasteiger partial charge in [-0.1, -0.05) is 6.92 Å². The Morgan fingerprint density at radius 1 is 1.47 bits per heavy atom. The van der Waals surface area contributed by atoms with Gasteiger partial charge in [-0.15, -0.1) is 0 Å². The summed E-state index contributed by atoms with van der Waals surface area (Å²) in [6.45, 7) is 4.14. The van der Waals surface area contributed by atoms with E-state index in [1.807, 2.05) is 6.07 Å². The summed E-state index contributed by atoms with van der Waals surface area (Å²) in [4.78, 5) is 3.79. The second kappa shape index (κ2) is 4.95. The Kier molecular flexibility index (Phi) is 3.37. The van der Waals surface area contributed by atoms with Gasteiger partial charge in [0, 0.05) is 11.7 Å². The minimum Gasteiger partial charge on any atom is -0.383 e. The molecule has 0 aliphatic rings. The third-order valence-electron chi connectivity index (χ3n) is 2.64. The summed E-state index contributed by atoms with van der Waals surface area (Å²) >= 11 is 0. The number of nitrogens with zero attached hydrogens (tertiary/aromatic N) is 3. The number of hydrogen-bond acceptors (Lipinski definition) is 3. The molecule has 0 saturated carbocycles. The number of anilines is 1. The highest BCUT2D eigenvalue weighted by molar-refractivity contribution is 5.49. The van der Waals surface area contributed by atoms with Crippen LogP contribution >= 0.6 is 0 Å². The Bertz CT molecular complexity index is 481. The molecule has 1 heterocycles. The number of nitrogens with one attached hydrogen (secondary N) is 1. The van der Waals surface area contributed by atoms with E-state index in [1.54, 1.807) is 6.07 Å². The largest absolute Gasteiger partial charge is 0.383 e. The maximum Gasteiger partial charge on any atom is 0.150 e. The van der Waals surface area contributed by atoms with E-state index in [-0.39, 0.29) is 5.82 Å². The van der Waals surface area contributed by atoms with Gasteiger partial charge < -0.3 is 5.32 Å². The van der Waals surface area contributed by atoms with Gasteiger partial charge in [-0.25, -0.2) is 14.1 Å². The van der Waals surface area contributed by atoms with Crippen molar-refractivity contribution in [2.45, 2.75) is 26.3 Å². The van der Waals surface area contributed by atoms with Crippen molar-refractivity contribution < 1.29 is 4.39 Å². The lowest BCUT2D eigenvalue weighted by molar-refractivity contribution is 0.610. The summed E-state index contributed by atoms with van der Waals surface area (Å²) in [5.41, 5.74) is 1.18. The van der Waals surface area contributed by atoms with Gasteiger partial charge in [-0.2, -0.15) is 5.10 Å². The van der Waals surface area contributed by atoms with Gasteiger partial charge >= 0.3 is 0 Å². The molecule has 0 radical (unpaired) electrons. The molecule has 0 amide bonds. The molecule has 4 nitrogen and oxygen atoms in total. The highest BCUT2D eigenvalue weighted by Crippen LogP contribution is 2.18. The Labute approximate surface area is 99.5 Å². The van der Waals surface area contributed by atoms with Crippen LogP contribution in [0.15, 0.2) is 30.9 Å². The second-order valence-electron chi connectivity index (χ2n) is 3.96. The Morgan fingerprint density at radius 3 is 2.88 bits per heavy atom. The molecule has 1 N–H and O–H groups in total. The summed E-state index contributed by atoms with van der Waals surface area (Å²) < 4.78 is 15.2. The van der Waals surface area contributed by atoms with Crippen LogP contribution in [-0.4, -0.2) is 20.8 Å². The van der Waals surface area contributed by atoms with Gasteiger partial charge in [0.05, 0.1) is 0 Å². The van der Waals surface area contributed by atoms with E-state index in [0.29, 0.717) is 11.7 Å². The third-order valence-corrected chi connectivity index (χ3v) is 2.64. The average molecular weight is 234 g/mol. The first-order chi connectivity index (χ1) is 8.20. The SMILES string of the molecule is CCC(C)Nc1ccc(-n2cncn2)c(F)c1. The molecule has 2 aromatic rings. The zero-order chi connectivity index (χ0) is 12.3. The molecule has 5 heteroatoms. The van der Waals surface area contributed by atoms with Crippen molar-refractivity contribution in [1.82, 2.24) is 14.8 Å². The third kappa shape index (κ3) is 2.61. The van der Waals surface area contributed by atoms with Gasteiger partial charge in [-0.3, -0.25) is 0 Å². The van der Waals surface area contributed by atoms with Gasteiger partial charge in [0.2, 0.25) is 0 Å². The van der Waals surface area contributed by atoms with Gasteiger partial charge in [0.15, 0.2) is 5.82 Å². The zero-order valence-electron chi connectivity index (χ0n) is 9.89. The van der Waals surface area contributed by atoms with Crippen molar-refractivity contribution in [2.24, 2.45) is 0 Å². The van der Waals surface area contributed by atoms with E-state index < -0.39 is 0 Å². The lowest BCUT2D eigenvalue weighted by Crippen LogP contribution is -2.13. The average Bonchev–Trinajstić information content (AvgIpc) is 2.82. The first-order valence-electron chi connectivity index (χ1n) is 5.61. The molecule has 17 heavy (non-hydrogen) atoms. The van der Waals surface area contributed by atoms with Crippen LogP contribution in [0, 0.1) is 5.82 Å². The minimum absolute atomic E-state index is 0.316. The lowest BCUT2D eigenvalue weighted by atomic mass is 10.2. The fraction of sp³-hybridized carbons (Fsp3) is 0.333. The normalized spacial score (nSPS) is 12.4. The van der Waals surface area contributed by atoms with E-state index in [0.717, 1.165) is 12.1 Å². The van der Waals surface area contributed by atoms with Crippen molar-refractivity contribution in [3.05, 3.63) is 36.7 Å². The quantitative estimate of drug-likeness (QED) is 0.884. The topological polar surface area (TPSA) is 42.7 Å². The van der Waals surface area contributed by atoms with Crippen LogP contribution in [0.1, 0.15) is 20.3 Å². The molecule has 1 unspecified atom stereocenters. The molecule has 0 bridgehead atoms. The van der Waals surface area contributed by atoms with E-state index in [2.05, 4.69) is 29.2 Å². The number of halogens is 1. The molecule has 1 atom stereocenters. The Balaban J connectivity index is 2.23. The summed E-state index contributed by atoms with van der Waals surface area (Å²) in [5, 5.41) is 7.12. The van der Waals surface area contributed by atoms with E-state index in [4.69, 9.17) is 0 Å². The second-order valence-corrected chi connectivity index (χ2v) is 3.96. The molecule has 90 valence electrons. The Morgan fingerprint density at radius 2 is 2.29 bits per heavy atom. The first-order valence-corrected chi connectivity index (χ1v) is 5.61. The van der Waals surface area contributed by atoms with Crippen LogP contribution in [0.5, 0.6) is 0 Å². The fourth-order valence-corrected chi connectivity index (χ4v) is 1.50. The molecule has 2 rings (SSSR count). The van der Waals surface area contributed by atoms with Crippen molar-refractivity contribution >= 4 is 5.69 Å². The maximum absolute atomic E-state index is 13.8. The van der Waals surface area contributed by atoms with Crippen molar-refractivity contribution in [2.75, 3.05) is 5.32 Å². The van der Waals surface area contributed by atoms with Crippen LogP contribution in [0.2, 0.25) is 0 Å². The smallest absolute Gasteiger partial charge is 0.150 e. The summed E-state index contributed by atoms with van der Waals surface area (Å²) in [6.07, 6.45) is 3.84. The summed E-state index contributed by atoms with van der Waals surface area (Å²) in [7, 11) is 0. The zero-order valence-corrected chi connectivity index (χ0v) is 9.89. The predicted octanol–water partition coefficient (Wildman–Crippen LogP) is 2.62. The van der Waals surface area contributed by atoms with Gasteiger partial charge in [0.25, 0.3) is 0 Å². The number of aromatic nitrogens is 3. The fourth-order valence-electron chi connectivity index (χ4n) is 1.50. The van der Waals surface area contributed by atoms with Crippen LogP contribution in [0.3, 0.4) is 0 Å². The highest BCUT2D eigenvalue weighted by atomic mass is 19.1. The minimum atomic E-state index is -0.316. The van der Waals surface area contributed by atoms with Crippen LogP contribution in [0.25, 0.3) is 5.69 Å². The predicted molar refractivity (Wildman–Crippen MR) is 64.7 cm³/mol. The van der Waals surface area contributed by atoms with Gasteiger partial charge in [0.1, 0.15) is 18.3 Å².